The summed E-state index contributed by atoms with van der Waals surface area (Å²) in [6, 6.07) is 8.05. The van der Waals surface area contributed by atoms with Crippen LogP contribution in [0.5, 0.6) is 0 Å². The molecular formula is C19H20N2O4. The topological polar surface area (TPSA) is 85.8 Å². The zero-order chi connectivity index (χ0) is 17.0. The standard InChI is InChI=1S/C19H20N2O4/c22-17(23)18-9-25-19(24)11-5-7-21(8-6-13(18)19)15(11)14-10-3-1-2-4-12(10)20-16(14)18/h1-4,11,13,15,20,24H,5-9H2,(H,22,23). The smallest absolute Gasteiger partial charge is 0.318 e. The SMILES string of the molecule is O=C(O)C12COC3(O)C4CCN(CCC13)C4c1c2[nH]c2ccccc12. The lowest BCUT2D eigenvalue weighted by atomic mass is 9.69. The molecule has 6 atom stereocenters. The highest BCUT2D eigenvalue weighted by Gasteiger charge is 2.72. The highest BCUT2D eigenvalue weighted by Crippen LogP contribution is 2.63. The summed E-state index contributed by atoms with van der Waals surface area (Å²) in [4.78, 5) is 18.4. The molecule has 4 aliphatic rings. The van der Waals surface area contributed by atoms with Crippen LogP contribution in [-0.4, -0.2) is 51.5 Å². The molecule has 25 heavy (non-hydrogen) atoms. The van der Waals surface area contributed by atoms with E-state index in [1.165, 1.54) is 0 Å². The molecule has 2 aromatic rings. The first-order valence-electron chi connectivity index (χ1n) is 9.02. The average molecular weight is 340 g/mol. The van der Waals surface area contributed by atoms with Crippen molar-refractivity contribution >= 4 is 16.9 Å². The normalized spacial score (nSPS) is 43.9. The van der Waals surface area contributed by atoms with Crippen molar-refractivity contribution in [2.45, 2.75) is 30.1 Å². The van der Waals surface area contributed by atoms with E-state index in [0.717, 1.165) is 41.7 Å². The Kier molecular flexibility index (Phi) is 2.43. The summed E-state index contributed by atoms with van der Waals surface area (Å²) in [5.41, 5.74) is 1.60. The highest BCUT2D eigenvalue weighted by molar-refractivity contribution is 5.91. The molecule has 3 aliphatic heterocycles. The second-order valence-electron chi connectivity index (χ2n) is 7.99. The lowest BCUT2D eigenvalue weighted by molar-refractivity contribution is -0.231. The van der Waals surface area contributed by atoms with Gasteiger partial charge in [-0.1, -0.05) is 18.2 Å². The number of nitrogens with one attached hydrogen (secondary N) is 1. The molecule has 6 nitrogen and oxygen atoms in total. The first-order chi connectivity index (χ1) is 12.1. The molecule has 0 spiro atoms. The van der Waals surface area contributed by atoms with E-state index in [2.05, 4.69) is 16.0 Å². The molecule has 1 aromatic carbocycles. The third-order valence-electron chi connectivity index (χ3n) is 7.23. The molecular weight excluding hydrogens is 320 g/mol. The van der Waals surface area contributed by atoms with Gasteiger partial charge in [-0.15, -0.1) is 0 Å². The van der Waals surface area contributed by atoms with Gasteiger partial charge in [0.2, 0.25) is 0 Å². The third-order valence-corrected chi connectivity index (χ3v) is 7.23. The fourth-order valence-electron chi connectivity index (χ4n) is 6.21. The van der Waals surface area contributed by atoms with Crippen molar-refractivity contribution in [2.24, 2.45) is 11.8 Å². The van der Waals surface area contributed by atoms with Gasteiger partial charge in [0.1, 0.15) is 5.41 Å². The summed E-state index contributed by atoms with van der Waals surface area (Å²) in [5.74, 6) is -2.75. The molecule has 130 valence electrons. The summed E-state index contributed by atoms with van der Waals surface area (Å²) in [5, 5.41) is 22.9. The first kappa shape index (κ1) is 14.3. The Hall–Kier alpha value is -1.89. The number of carboxylic acid groups (broad SMARTS) is 1. The van der Waals surface area contributed by atoms with Crippen molar-refractivity contribution in [3.8, 4) is 0 Å². The number of carboxylic acids is 1. The van der Waals surface area contributed by atoms with Crippen molar-refractivity contribution in [1.82, 2.24) is 9.88 Å². The van der Waals surface area contributed by atoms with Gasteiger partial charge in [-0.2, -0.15) is 0 Å². The Bertz CT molecular complexity index is 923. The number of benzene rings is 1. The summed E-state index contributed by atoms with van der Waals surface area (Å²) in [6.45, 7) is 1.77. The molecule has 3 fully saturated rings. The van der Waals surface area contributed by atoms with Crippen LogP contribution >= 0.6 is 0 Å². The maximum Gasteiger partial charge on any atom is 0.318 e. The predicted molar refractivity (Wildman–Crippen MR) is 89.0 cm³/mol. The van der Waals surface area contributed by atoms with E-state index in [0.29, 0.717) is 6.42 Å². The number of hydrogen-bond donors (Lipinski definition) is 3. The fraction of sp³-hybridized carbons (Fsp3) is 0.526. The number of ether oxygens (including phenoxy) is 1. The largest absolute Gasteiger partial charge is 0.480 e. The number of hydrogen-bond acceptors (Lipinski definition) is 4. The monoisotopic (exact) mass is 340 g/mol. The molecule has 3 N–H and O–H groups in total. The highest BCUT2D eigenvalue weighted by atomic mass is 16.6. The van der Waals surface area contributed by atoms with E-state index in [9.17, 15) is 15.0 Å². The van der Waals surface area contributed by atoms with Gasteiger partial charge in [0.25, 0.3) is 0 Å². The van der Waals surface area contributed by atoms with E-state index in [1.54, 1.807) is 0 Å². The molecule has 0 radical (unpaired) electrons. The van der Waals surface area contributed by atoms with Crippen LogP contribution in [0.2, 0.25) is 0 Å². The van der Waals surface area contributed by atoms with Gasteiger partial charge in [0.15, 0.2) is 5.79 Å². The van der Waals surface area contributed by atoms with Gasteiger partial charge in [0, 0.05) is 34.5 Å². The molecule has 3 saturated heterocycles. The number of fused-ring (bicyclic) bond motifs is 4. The number of aliphatic hydroxyl groups is 1. The van der Waals surface area contributed by atoms with E-state index in [4.69, 9.17) is 4.74 Å². The van der Waals surface area contributed by atoms with Gasteiger partial charge in [-0.25, -0.2) is 0 Å². The Morgan fingerprint density at radius 1 is 1.28 bits per heavy atom. The van der Waals surface area contributed by atoms with Crippen LogP contribution in [-0.2, 0) is 14.9 Å². The minimum absolute atomic E-state index is 0.0164. The van der Waals surface area contributed by atoms with Crippen LogP contribution in [0, 0.1) is 11.8 Å². The molecule has 0 amide bonds. The number of H-pyrrole nitrogens is 1. The van der Waals surface area contributed by atoms with Crippen LogP contribution < -0.4 is 0 Å². The number of para-hydroxylation sites is 1. The third kappa shape index (κ3) is 1.39. The molecule has 6 bridgehead atoms. The number of nitrogens with zero attached hydrogens (tertiary/aromatic N) is 1. The maximum absolute atomic E-state index is 12.6. The van der Waals surface area contributed by atoms with Crippen molar-refractivity contribution in [3.63, 3.8) is 0 Å². The molecule has 0 saturated carbocycles. The first-order valence-corrected chi connectivity index (χ1v) is 9.02. The lowest BCUT2D eigenvalue weighted by Crippen LogP contribution is -2.50. The summed E-state index contributed by atoms with van der Waals surface area (Å²) < 4.78 is 5.93. The van der Waals surface area contributed by atoms with Crippen molar-refractivity contribution in [2.75, 3.05) is 19.7 Å². The Labute approximate surface area is 144 Å². The number of aromatic amines is 1. The van der Waals surface area contributed by atoms with Gasteiger partial charge < -0.3 is 19.9 Å². The number of rotatable bonds is 1. The fourth-order valence-corrected chi connectivity index (χ4v) is 6.21. The van der Waals surface area contributed by atoms with E-state index < -0.39 is 23.1 Å². The van der Waals surface area contributed by atoms with E-state index in [1.807, 2.05) is 18.2 Å². The quantitative estimate of drug-likeness (QED) is 0.734. The number of aliphatic carboxylic acids is 1. The number of aromatic nitrogens is 1. The molecule has 4 heterocycles. The molecule has 1 aromatic heterocycles. The van der Waals surface area contributed by atoms with Crippen LogP contribution in [0.4, 0.5) is 0 Å². The van der Waals surface area contributed by atoms with Crippen molar-refractivity contribution < 1.29 is 19.7 Å². The van der Waals surface area contributed by atoms with Crippen LogP contribution in [0.3, 0.4) is 0 Å². The minimum atomic E-state index is -1.35. The summed E-state index contributed by atoms with van der Waals surface area (Å²) >= 11 is 0. The molecule has 6 rings (SSSR count). The van der Waals surface area contributed by atoms with Gasteiger partial charge >= 0.3 is 5.97 Å². The van der Waals surface area contributed by atoms with E-state index in [-0.39, 0.29) is 18.6 Å². The van der Waals surface area contributed by atoms with Gasteiger partial charge in [-0.3, -0.25) is 9.69 Å². The zero-order valence-corrected chi connectivity index (χ0v) is 13.7. The molecule has 1 aliphatic carbocycles. The Balaban J connectivity index is 1.78. The van der Waals surface area contributed by atoms with Gasteiger partial charge in [-0.05, 0) is 37.6 Å². The van der Waals surface area contributed by atoms with Crippen molar-refractivity contribution in [1.29, 1.82) is 0 Å². The summed E-state index contributed by atoms with van der Waals surface area (Å²) in [7, 11) is 0. The summed E-state index contributed by atoms with van der Waals surface area (Å²) in [6.07, 6.45) is 1.48. The van der Waals surface area contributed by atoms with Crippen LogP contribution in [0.25, 0.3) is 10.9 Å². The zero-order valence-electron chi connectivity index (χ0n) is 13.7. The van der Waals surface area contributed by atoms with Crippen LogP contribution in [0.1, 0.15) is 30.1 Å². The number of carbonyl (C=O) groups is 1. The predicted octanol–water partition coefficient (Wildman–Crippen LogP) is 1.61. The Morgan fingerprint density at radius 2 is 2.08 bits per heavy atom. The van der Waals surface area contributed by atoms with Crippen molar-refractivity contribution in [3.05, 3.63) is 35.5 Å². The Morgan fingerprint density at radius 3 is 2.92 bits per heavy atom. The van der Waals surface area contributed by atoms with E-state index >= 15 is 0 Å². The second kappa shape index (κ2) is 4.26. The van der Waals surface area contributed by atoms with Gasteiger partial charge in [0.05, 0.1) is 6.61 Å². The minimum Gasteiger partial charge on any atom is -0.480 e. The lowest BCUT2D eigenvalue weighted by Gasteiger charge is -2.36. The molecule has 6 unspecified atom stereocenters. The average Bonchev–Trinajstić information content (AvgIpc) is 3.19. The second-order valence-corrected chi connectivity index (χ2v) is 7.99. The molecule has 6 heteroatoms. The van der Waals surface area contributed by atoms with Crippen LogP contribution in [0.15, 0.2) is 24.3 Å². The maximum atomic E-state index is 12.6.